The Morgan fingerprint density at radius 3 is 2.58 bits per heavy atom. The number of nitrogens with zero attached hydrogens (tertiary/aromatic N) is 2. The van der Waals surface area contributed by atoms with Crippen molar-refractivity contribution in [2.45, 2.75) is 33.3 Å². The summed E-state index contributed by atoms with van der Waals surface area (Å²) in [5.74, 6) is 0.684. The molecule has 1 aromatic heterocycles. The lowest BCUT2D eigenvalue weighted by atomic mass is 9.97. The van der Waals surface area contributed by atoms with Gasteiger partial charge in [0, 0.05) is 19.7 Å². The number of carbonyl (C=O) groups excluding carboxylic acids is 1. The van der Waals surface area contributed by atoms with Gasteiger partial charge in [0.2, 0.25) is 0 Å². The maximum atomic E-state index is 12.6. The van der Waals surface area contributed by atoms with Crippen LogP contribution in [-0.4, -0.2) is 35.5 Å². The van der Waals surface area contributed by atoms with E-state index in [9.17, 15) is 4.79 Å². The van der Waals surface area contributed by atoms with E-state index in [1.54, 1.807) is 0 Å². The Kier molecular flexibility index (Phi) is 5.63. The van der Waals surface area contributed by atoms with Crippen molar-refractivity contribution in [2.24, 2.45) is 5.92 Å². The summed E-state index contributed by atoms with van der Waals surface area (Å²) < 4.78 is 5.85. The Morgan fingerprint density at radius 1 is 1.25 bits per heavy atom. The van der Waals surface area contributed by atoms with Crippen molar-refractivity contribution >= 4 is 17.2 Å². The Labute approximate surface area is 147 Å². The van der Waals surface area contributed by atoms with E-state index in [1.165, 1.54) is 16.9 Å². The highest BCUT2D eigenvalue weighted by Gasteiger charge is 2.26. The number of hydrogen-bond donors (Lipinski definition) is 0. The fourth-order valence-corrected chi connectivity index (χ4v) is 3.98. The minimum atomic E-state index is 0.141. The zero-order valence-electron chi connectivity index (χ0n) is 14.3. The second kappa shape index (κ2) is 7.90. The van der Waals surface area contributed by atoms with Gasteiger partial charge in [-0.05, 0) is 38.2 Å². The molecule has 5 heteroatoms. The number of piperidine rings is 1. The first-order chi connectivity index (χ1) is 11.6. The summed E-state index contributed by atoms with van der Waals surface area (Å²) in [6.45, 7) is 6.93. The number of benzene rings is 1. The second-order valence-corrected chi connectivity index (χ2v) is 7.59. The SMILES string of the molecule is Cc1nc(C)c(C(=O)N2CCC(COCc3ccccc3)CC2)s1. The standard InChI is InChI=1S/C19H24N2O2S/c1-14-18(24-15(2)20-14)19(22)21-10-8-17(9-11-21)13-23-12-16-6-4-3-5-7-16/h3-7,17H,8-13H2,1-2H3. The van der Waals surface area contributed by atoms with Crippen LogP contribution in [0.25, 0.3) is 0 Å². The Morgan fingerprint density at radius 2 is 1.96 bits per heavy atom. The first-order valence-corrected chi connectivity index (χ1v) is 9.30. The van der Waals surface area contributed by atoms with E-state index in [0.717, 1.165) is 48.1 Å². The van der Waals surface area contributed by atoms with Gasteiger partial charge in [0.15, 0.2) is 0 Å². The molecule has 1 aromatic carbocycles. The molecule has 0 atom stereocenters. The topological polar surface area (TPSA) is 42.4 Å². The van der Waals surface area contributed by atoms with E-state index in [0.29, 0.717) is 12.5 Å². The molecule has 0 unspecified atom stereocenters. The summed E-state index contributed by atoms with van der Waals surface area (Å²) in [6.07, 6.45) is 2.02. The lowest BCUT2D eigenvalue weighted by molar-refractivity contribution is 0.0481. The van der Waals surface area contributed by atoms with Gasteiger partial charge in [0.05, 0.1) is 17.3 Å². The largest absolute Gasteiger partial charge is 0.376 e. The van der Waals surface area contributed by atoms with Gasteiger partial charge < -0.3 is 9.64 Å². The molecule has 1 aliphatic heterocycles. The zero-order valence-corrected chi connectivity index (χ0v) is 15.1. The maximum absolute atomic E-state index is 12.6. The third-order valence-electron chi connectivity index (χ3n) is 4.46. The van der Waals surface area contributed by atoms with Crippen molar-refractivity contribution < 1.29 is 9.53 Å². The first kappa shape index (κ1) is 17.1. The van der Waals surface area contributed by atoms with E-state index in [4.69, 9.17) is 4.74 Å². The van der Waals surface area contributed by atoms with Gasteiger partial charge in [-0.2, -0.15) is 0 Å². The molecule has 2 heterocycles. The predicted octanol–water partition coefficient (Wildman–Crippen LogP) is 3.83. The molecule has 4 nitrogen and oxygen atoms in total. The van der Waals surface area contributed by atoms with Gasteiger partial charge in [-0.15, -0.1) is 11.3 Å². The zero-order chi connectivity index (χ0) is 16.9. The number of aromatic nitrogens is 1. The summed E-state index contributed by atoms with van der Waals surface area (Å²) in [5.41, 5.74) is 2.07. The Balaban J connectivity index is 1.44. The Hall–Kier alpha value is -1.72. The first-order valence-electron chi connectivity index (χ1n) is 8.48. The van der Waals surface area contributed by atoms with E-state index < -0.39 is 0 Å². The highest BCUT2D eigenvalue weighted by atomic mass is 32.1. The van der Waals surface area contributed by atoms with Crippen molar-refractivity contribution in [2.75, 3.05) is 19.7 Å². The van der Waals surface area contributed by atoms with Gasteiger partial charge in [-0.25, -0.2) is 4.98 Å². The summed E-state index contributed by atoms with van der Waals surface area (Å²) in [5, 5.41) is 0.958. The van der Waals surface area contributed by atoms with Gasteiger partial charge in [-0.3, -0.25) is 4.79 Å². The van der Waals surface area contributed by atoms with Crippen LogP contribution in [0.4, 0.5) is 0 Å². The minimum Gasteiger partial charge on any atom is -0.376 e. The third-order valence-corrected chi connectivity index (χ3v) is 5.53. The highest BCUT2D eigenvalue weighted by molar-refractivity contribution is 7.13. The molecule has 3 rings (SSSR count). The number of hydrogen-bond acceptors (Lipinski definition) is 4. The van der Waals surface area contributed by atoms with Crippen LogP contribution in [0.5, 0.6) is 0 Å². The van der Waals surface area contributed by atoms with Gasteiger partial charge in [0.1, 0.15) is 4.88 Å². The van der Waals surface area contributed by atoms with E-state index >= 15 is 0 Å². The molecule has 24 heavy (non-hydrogen) atoms. The average molecular weight is 344 g/mol. The number of thiazole rings is 1. The number of carbonyl (C=O) groups is 1. The molecular formula is C19H24N2O2S. The number of ether oxygens (including phenoxy) is 1. The quantitative estimate of drug-likeness (QED) is 0.828. The van der Waals surface area contributed by atoms with Crippen molar-refractivity contribution in [3.05, 3.63) is 51.5 Å². The molecule has 0 bridgehead atoms. The van der Waals surface area contributed by atoms with Gasteiger partial charge in [0.25, 0.3) is 5.91 Å². The van der Waals surface area contributed by atoms with Crippen molar-refractivity contribution in [1.82, 2.24) is 9.88 Å². The number of aryl methyl sites for hydroxylation is 2. The summed E-state index contributed by atoms with van der Waals surface area (Å²) in [7, 11) is 0. The van der Waals surface area contributed by atoms with Gasteiger partial charge >= 0.3 is 0 Å². The van der Waals surface area contributed by atoms with Crippen molar-refractivity contribution in [1.29, 1.82) is 0 Å². The van der Waals surface area contributed by atoms with Crippen LogP contribution in [0.2, 0.25) is 0 Å². The molecular weight excluding hydrogens is 320 g/mol. The summed E-state index contributed by atoms with van der Waals surface area (Å²) in [4.78, 5) is 19.7. The Bertz CT molecular complexity index is 676. The molecule has 128 valence electrons. The fourth-order valence-electron chi connectivity index (χ4n) is 3.09. The molecule has 0 radical (unpaired) electrons. The van der Waals surface area contributed by atoms with E-state index in [1.807, 2.05) is 36.9 Å². The smallest absolute Gasteiger partial charge is 0.265 e. The van der Waals surface area contributed by atoms with Crippen LogP contribution in [0, 0.1) is 19.8 Å². The van der Waals surface area contributed by atoms with Crippen LogP contribution in [0.15, 0.2) is 30.3 Å². The van der Waals surface area contributed by atoms with Crippen LogP contribution in [-0.2, 0) is 11.3 Å². The molecule has 1 fully saturated rings. The fraction of sp³-hybridized carbons (Fsp3) is 0.474. The molecule has 2 aromatic rings. The van der Waals surface area contributed by atoms with E-state index in [-0.39, 0.29) is 5.91 Å². The van der Waals surface area contributed by atoms with Crippen molar-refractivity contribution in [3.63, 3.8) is 0 Å². The maximum Gasteiger partial charge on any atom is 0.265 e. The molecule has 0 N–H and O–H groups in total. The number of amides is 1. The van der Waals surface area contributed by atoms with E-state index in [2.05, 4.69) is 17.1 Å². The lowest BCUT2D eigenvalue weighted by Crippen LogP contribution is -2.39. The molecule has 0 saturated carbocycles. The number of rotatable bonds is 5. The van der Waals surface area contributed by atoms with Gasteiger partial charge in [-0.1, -0.05) is 30.3 Å². The predicted molar refractivity (Wildman–Crippen MR) is 96.3 cm³/mol. The molecule has 1 aliphatic rings. The lowest BCUT2D eigenvalue weighted by Gasteiger charge is -2.31. The van der Waals surface area contributed by atoms with Crippen molar-refractivity contribution in [3.8, 4) is 0 Å². The normalized spacial score (nSPS) is 15.7. The monoisotopic (exact) mass is 344 g/mol. The molecule has 0 aliphatic carbocycles. The summed E-state index contributed by atoms with van der Waals surface area (Å²) in [6, 6.07) is 10.3. The highest BCUT2D eigenvalue weighted by Crippen LogP contribution is 2.24. The minimum absolute atomic E-state index is 0.141. The van der Waals surface area contributed by atoms with Crippen LogP contribution >= 0.6 is 11.3 Å². The molecule has 1 saturated heterocycles. The third kappa shape index (κ3) is 4.22. The summed E-state index contributed by atoms with van der Waals surface area (Å²) >= 11 is 1.50. The molecule has 0 spiro atoms. The second-order valence-electron chi connectivity index (χ2n) is 6.38. The van der Waals surface area contributed by atoms with Crippen LogP contribution in [0.3, 0.4) is 0 Å². The van der Waals surface area contributed by atoms with Crippen LogP contribution in [0.1, 0.15) is 38.8 Å². The van der Waals surface area contributed by atoms with Crippen LogP contribution < -0.4 is 0 Å². The average Bonchev–Trinajstić information content (AvgIpc) is 2.94. The number of likely N-dealkylation sites (tertiary alicyclic amines) is 1. The molecule has 1 amide bonds.